The Morgan fingerprint density at radius 2 is 1.75 bits per heavy atom. The van der Waals surface area contributed by atoms with E-state index in [2.05, 4.69) is 20.9 Å². The van der Waals surface area contributed by atoms with E-state index in [-0.39, 0.29) is 0 Å². The SMILES string of the molecule is FC(F)(F)c1ccc2c(CBr)cc(SCc3ccccc3)nc2c1. The monoisotopic (exact) mass is 411 g/mol. The molecule has 0 N–H and O–H groups in total. The first kappa shape index (κ1) is 17.3. The summed E-state index contributed by atoms with van der Waals surface area (Å²) in [6.45, 7) is 0. The van der Waals surface area contributed by atoms with Crippen LogP contribution >= 0.6 is 27.7 Å². The van der Waals surface area contributed by atoms with Gasteiger partial charge in [-0.15, -0.1) is 11.8 Å². The van der Waals surface area contributed by atoms with Gasteiger partial charge in [-0.3, -0.25) is 0 Å². The van der Waals surface area contributed by atoms with Crippen LogP contribution in [0.4, 0.5) is 13.2 Å². The van der Waals surface area contributed by atoms with E-state index in [4.69, 9.17) is 0 Å². The smallest absolute Gasteiger partial charge is 0.241 e. The molecule has 3 aromatic rings. The van der Waals surface area contributed by atoms with Crippen molar-refractivity contribution in [1.82, 2.24) is 4.98 Å². The first-order chi connectivity index (χ1) is 11.5. The van der Waals surface area contributed by atoms with Crippen LogP contribution in [0.15, 0.2) is 59.6 Å². The highest BCUT2D eigenvalue weighted by atomic mass is 79.9. The lowest BCUT2D eigenvalue weighted by molar-refractivity contribution is -0.137. The van der Waals surface area contributed by atoms with Gasteiger partial charge in [0.1, 0.15) is 0 Å². The highest BCUT2D eigenvalue weighted by Crippen LogP contribution is 2.33. The molecule has 6 heteroatoms. The maximum Gasteiger partial charge on any atom is 0.416 e. The number of aromatic nitrogens is 1. The average Bonchev–Trinajstić information content (AvgIpc) is 2.58. The summed E-state index contributed by atoms with van der Waals surface area (Å²) < 4.78 is 38.8. The zero-order chi connectivity index (χ0) is 17.2. The maximum atomic E-state index is 12.9. The number of thioether (sulfide) groups is 1. The second-order valence-electron chi connectivity index (χ2n) is 5.26. The van der Waals surface area contributed by atoms with Crippen molar-refractivity contribution in [3.8, 4) is 0 Å². The fourth-order valence-electron chi connectivity index (χ4n) is 2.37. The lowest BCUT2D eigenvalue weighted by Gasteiger charge is -2.11. The van der Waals surface area contributed by atoms with Crippen LogP contribution in [-0.4, -0.2) is 4.98 Å². The zero-order valence-electron chi connectivity index (χ0n) is 12.5. The molecule has 0 bridgehead atoms. The largest absolute Gasteiger partial charge is 0.416 e. The van der Waals surface area contributed by atoms with Crippen LogP contribution in [0.5, 0.6) is 0 Å². The van der Waals surface area contributed by atoms with Crippen molar-refractivity contribution in [1.29, 1.82) is 0 Å². The van der Waals surface area contributed by atoms with Crippen molar-refractivity contribution in [3.05, 3.63) is 71.3 Å². The van der Waals surface area contributed by atoms with Gasteiger partial charge in [-0.2, -0.15) is 13.2 Å². The molecule has 2 aromatic carbocycles. The standard InChI is InChI=1S/C18H13BrF3NS/c19-10-13-8-17(24-11-12-4-2-1-3-5-12)23-16-9-14(18(20,21)22)6-7-15(13)16/h1-9H,10-11H2. The second-order valence-corrected chi connectivity index (χ2v) is 6.81. The van der Waals surface area contributed by atoms with Crippen LogP contribution < -0.4 is 0 Å². The lowest BCUT2D eigenvalue weighted by atomic mass is 10.1. The molecular weight excluding hydrogens is 399 g/mol. The van der Waals surface area contributed by atoms with E-state index in [1.807, 2.05) is 36.4 Å². The van der Waals surface area contributed by atoms with Crippen molar-refractivity contribution in [3.63, 3.8) is 0 Å². The average molecular weight is 412 g/mol. The summed E-state index contributed by atoms with van der Waals surface area (Å²) in [5, 5.41) is 2.03. The molecule has 1 nitrogen and oxygen atoms in total. The number of pyridine rings is 1. The molecule has 124 valence electrons. The number of halogens is 4. The van der Waals surface area contributed by atoms with E-state index in [1.54, 1.807) is 0 Å². The summed E-state index contributed by atoms with van der Waals surface area (Å²) in [5.41, 5.74) is 1.78. The van der Waals surface area contributed by atoms with Gasteiger partial charge in [0.15, 0.2) is 0 Å². The lowest BCUT2D eigenvalue weighted by Crippen LogP contribution is -2.05. The van der Waals surface area contributed by atoms with Gasteiger partial charge in [0, 0.05) is 16.5 Å². The predicted octanol–water partition coefficient (Wildman–Crippen LogP) is 6.44. The summed E-state index contributed by atoms with van der Waals surface area (Å²) in [6, 6.07) is 15.5. The molecule has 0 aliphatic heterocycles. The Bertz CT molecular complexity index is 850. The molecule has 0 atom stereocenters. The van der Waals surface area contributed by atoms with Crippen molar-refractivity contribution in [2.75, 3.05) is 0 Å². The first-order valence-corrected chi connectivity index (χ1v) is 9.31. The third-order valence-corrected chi connectivity index (χ3v) is 5.16. The van der Waals surface area contributed by atoms with Crippen LogP contribution in [0.25, 0.3) is 10.9 Å². The highest BCUT2D eigenvalue weighted by molar-refractivity contribution is 9.08. The van der Waals surface area contributed by atoms with Gasteiger partial charge >= 0.3 is 6.18 Å². The van der Waals surface area contributed by atoms with Crippen LogP contribution in [0.1, 0.15) is 16.7 Å². The summed E-state index contributed by atoms with van der Waals surface area (Å²) in [6.07, 6.45) is -4.36. The fourth-order valence-corrected chi connectivity index (χ4v) is 3.73. The number of rotatable bonds is 4. The predicted molar refractivity (Wildman–Crippen MR) is 95.4 cm³/mol. The molecule has 24 heavy (non-hydrogen) atoms. The zero-order valence-corrected chi connectivity index (χ0v) is 14.9. The minimum atomic E-state index is -4.36. The van der Waals surface area contributed by atoms with Crippen molar-refractivity contribution >= 4 is 38.6 Å². The second kappa shape index (κ2) is 7.15. The third kappa shape index (κ3) is 3.92. The Hall–Kier alpha value is -1.53. The molecule has 0 saturated heterocycles. The van der Waals surface area contributed by atoms with Gasteiger partial charge in [-0.1, -0.05) is 52.3 Å². The molecule has 0 spiro atoms. The van der Waals surface area contributed by atoms with Gasteiger partial charge in [-0.25, -0.2) is 4.98 Å². The number of nitrogens with zero attached hydrogens (tertiary/aromatic N) is 1. The van der Waals surface area contributed by atoms with Crippen LogP contribution in [-0.2, 0) is 17.3 Å². The fraction of sp³-hybridized carbons (Fsp3) is 0.167. The van der Waals surface area contributed by atoms with E-state index in [1.165, 1.54) is 17.8 Å². The van der Waals surface area contributed by atoms with Crippen molar-refractivity contribution in [2.45, 2.75) is 22.3 Å². The minimum absolute atomic E-state index is 0.373. The molecular formula is C18H13BrF3NS. The van der Waals surface area contributed by atoms with Crippen LogP contribution in [0.3, 0.4) is 0 Å². The van der Waals surface area contributed by atoms with Crippen LogP contribution in [0.2, 0.25) is 0 Å². The van der Waals surface area contributed by atoms with E-state index in [0.717, 1.165) is 39.4 Å². The Morgan fingerprint density at radius 3 is 2.42 bits per heavy atom. The van der Waals surface area contributed by atoms with Gasteiger partial charge < -0.3 is 0 Å². The van der Waals surface area contributed by atoms with Gasteiger partial charge in [0.05, 0.1) is 16.1 Å². The summed E-state index contributed by atoms with van der Waals surface area (Å²) >= 11 is 4.93. The maximum absolute atomic E-state index is 12.9. The van der Waals surface area contributed by atoms with E-state index in [9.17, 15) is 13.2 Å². The van der Waals surface area contributed by atoms with Gasteiger partial charge in [-0.05, 0) is 29.3 Å². The van der Waals surface area contributed by atoms with E-state index >= 15 is 0 Å². The number of benzene rings is 2. The molecule has 0 aliphatic rings. The van der Waals surface area contributed by atoms with Crippen molar-refractivity contribution < 1.29 is 13.2 Å². The normalized spacial score (nSPS) is 11.8. The number of fused-ring (bicyclic) bond motifs is 1. The van der Waals surface area contributed by atoms with E-state index in [0.29, 0.717) is 10.8 Å². The first-order valence-electron chi connectivity index (χ1n) is 7.21. The number of hydrogen-bond acceptors (Lipinski definition) is 2. The number of hydrogen-bond donors (Lipinski definition) is 0. The Kier molecular flexibility index (Phi) is 5.15. The molecule has 3 rings (SSSR count). The Morgan fingerprint density at radius 1 is 1.00 bits per heavy atom. The van der Waals surface area contributed by atoms with Crippen molar-refractivity contribution in [2.24, 2.45) is 0 Å². The third-order valence-electron chi connectivity index (χ3n) is 3.57. The minimum Gasteiger partial charge on any atom is -0.241 e. The highest BCUT2D eigenvalue weighted by Gasteiger charge is 2.30. The van der Waals surface area contributed by atoms with Gasteiger partial charge in [0.25, 0.3) is 0 Å². The summed E-state index contributed by atoms with van der Waals surface area (Å²) in [4.78, 5) is 4.42. The summed E-state index contributed by atoms with van der Waals surface area (Å²) in [7, 11) is 0. The van der Waals surface area contributed by atoms with E-state index < -0.39 is 11.7 Å². The topological polar surface area (TPSA) is 12.9 Å². The molecule has 0 unspecified atom stereocenters. The summed E-state index contributed by atoms with van der Waals surface area (Å²) in [5.74, 6) is 0.722. The van der Waals surface area contributed by atoms with Gasteiger partial charge in [0.2, 0.25) is 0 Å². The quantitative estimate of drug-likeness (QED) is 0.361. The molecule has 0 aliphatic carbocycles. The molecule has 1 heterocycles. The molecule has 1 aromatic heterocycles. The molecule has 0 amide bonds. The van der Waals surface area contributed by atoms with Crippen LogP contribution in [0, 0.1) is 0 Å². The number of alkyl halides is 4. The molecule has 0 saturated carbocycles. The molecule has 0 fully saturated rings. The Balaban J connectivity index is 1.96. The molecule has 0 radical (unpaired) electrons. The Labute approximate surface area is 150 Å².